The highest BCUT2D eigenvalue weighted by atomic mass is 32.2. The van der Waals surface area contributed by atoms with Gasteiger partial charge >= 0.3 is 0 Å². The quantitative estimate of drug-likeness (QED) is 0.275. The predicted octanol–water partition coefficient (Wildman–Crippen LogP) is 8.00. The van der Waals surface area contributed by atoms with Crippen LogP contribution in [-0.4, -0.2) is 11.5 Å². The van der Waals surface area contributed by atoms with Gasteiger partial charge in [0, 0.05) is 0 Å². The van der Waals surface area contributed by atoms with E-state index in [-0.39, 0.29) is 0 Å². The van der Waals surface area contributed by atoms with E-state index in [1.165, 1.54) is 121 Å². The van der Waals surface area contributed by atoms with Crippen molar-refractivity contribution in [2.45, 2.75) is 116 Å². The zero-order valence-corrected chi connectivity index (χ0v) is 16.2. The van der Waals surface area contributed by atoms with E-state index in [1.54, 1.807) is 0 Å². The van der Waals surface area contributed by atoms with Crippen molar-refractivity contribution in [1.29, 1.82) is 0 Å². The summed E-state index contributed by atoms with van der Waals surface area (Å²) in [5, 5.41) is 0. The van der Waals surface area contributed by atoms with Crippen LogP contribution in [0, 0.1) is 5.92 Å². The zero-order chi connectivity index (χ0) is 15.7. The SMILES string of the molecule is CCCSCCCCCCCCCCCCC1CCCCC1. The molecule has 0 aromatic carbocycles. The third-order valence-corrected chi connectivity index (χ3v) is 6.50. The summed E-state index contributed by atoms with van der Waals surface area (Å²) >= 11 is 2.14. The molecule has 0 spiro atoms. The number of rotatable bonds is 15. The van der Waals surface area contributed by atoms with Crippen LogP contribution in [0.3, 0.4) is 0 Å². The molecular weight excluding hydrogens is 284 g/mol. The topological polar surface area (TPSA) is 0 Å². The van der Waals surface area contributed by atoms with Gasteiger partial charge in [0.1, 0.15) is 0 Å². The Morgan fingerprint density at radius 1 is 0.636 bits per heavy atom. The first-order valence-electron chi connectivity index (χ1n) is 10.5. The second-order valence-corrected chi connectivity index (χ2v) is 8.67. The van der Waals surface area contributed by atoms with Crippen LogP contribution in [0.1, 0.15) is 116 Å². The first-order chi connectivity index (χ1) is 10.9. The van der Waals surface area contributed by atoms with Gasteiger partial charge in [0.25, 0.3) is 0 Å². The fourth-order valence-electron chi connectivity index (χ4n) is 3.77. The second kappa shape index (κ2) is 16.2. The molecule has 1 fully saturated rings. The molecule has 0 saturated heterocycles. The Kier molecular flexibility index (Phi) is 15.0. The summed E-state index contributed by atoms with van der Waals surface area (Å²) in [5.74, 6) is 3.86. The van der Waals surface area contributed by atoms with Crippen molar-refractivity contribution in [2.24, 2.45) is 5.92 Å². The molecule has 22 heavy (non-hydrogen) atoms. The summed E-state index contributed by atoms with van der Waals surface area (Å²) in [6, 6.07) is 0. The Labute approximate surface area is 145 Å². The Balaban J connectivity index is 1.68. The average molecular weight is 327 g/mol. The molecule has 0 aliphatic heterocycles. The normalized spacial score (nSPS) is 16.2. The number of unbranched alkanes of at least 4 members (excludes halogenated alkanes) is 9. The molecular formula is C21H42S. The lowest BCUT2D eigenvalue weighted by Gasteiger charge is -2.21. The Morgan fingerprint density at radius 2 is 1.18 bits per heavy atom. The van der Waals surface area contributed by atoms with Gasteiger partial charge in [0.05, 0.1) is 0 Å². The standard InChI is InChI=1S/C21H42S/c1-2-19-22-20-15-10-8-6-4-3-5-7-9-12-16-21-17-13-11-14-18-21/h21H,2-20H2,1H3. The average Bonchev–Trinajstić information content (AvgIpc) is 2.56. The van der Waals surface area contributed by atoms with E-state index in [9.17, 15) is 0 Å². The monoisotopic (exact) mass is 326 g/mol. The van der Waals surface area contributed by atoms with E-state index in [1.807, 2.05) is 0 Å². The Morgan fingerprint density at radius 3 is 1.77 bits per heavy atom. The minimum Gasteiger partial charge on any atom is -0.162 e. The van der Waals surface area contributed by atoms with Crippen LogP contribution in [0.4, 0.5) is 0 Å². The van der Waals surface area contributed by atoms with Crippen molar-refractivity contribution in [3.8, 4) is 0 Å². The van der Waals surface area contributed by atoms with E-state index >= 15 is 0 Å². The fourth-order valence-corrected chi connectivity index (χ4v) is 4.67. The van der Waals surface area contributed by atoms with E-state index in [0.717, 1.165) is 5.92 Å². The maximum Gasteiger partial charge on any atom is -0.00675 e. The highest BCUT2D eigenvalue weighted by Crippen LogP contribution is 2.28. The maximum absolute atomic E-state index is 2.28. The summed E-state index contributed by atoms with van der Waals surface area (Å²) in [5.41, 5.74) is 0. The van der Waals surface area contributed by atoms with Gasteiger partial charge in [-0.15, -0.1) is 0 Å². The van der Waals surface area contributed by atoms with Gasteiger partial charge in [0.2, 0.25) is 0 Å². The van der Waals surface area contributed by atoms with Crippen molar-refractivity contribution < 1.29 is 0 Å². The summed E-state index contributed by atoms with van der Waals surface area (Å²) < 4.78 is 0. The van der Waals surface area contributed by atoms with Crippen LogP contribution in [0.5, 0.6) is 0 Å². The van der Waals surface area contributed by atoms with Gasteiger partial charge in [-0.1, -0.05) is 103 Å². The molecule has 0 heterocycles. The highest BCUT2D eigenvalue weighted by Gasteiger charge is 2.12. The van der Waals surface area contributed by atoms with Crippen molar-refractivity contribution in [2.75, 3.05) is 11.5 Å². The van der Waals surface area contributed by atoms with Crippen molar-refractivity contribution in [3.63, 3.8) is 0 Å². The Bertz CT molecular complexity index is 208. The molecule has 1 rings (SSSR count). The summed E-state index contributed by atoms with van der Waals surface area (Å²) in [6.45, 7) is 2.28. The molecule has 0 nitrogen and oxygen atoms in total. The highest BCUT2D eigenvalue weighted by molar-refractivity contribution is 7.99. The zero-order valence-electron chi connectivity index (χ0n) is 15.4. The summed E-state index contributed by atoms with van der Waals surface area (Å²) in [6.07, 6.45) is 25.4. The van der Waals surface area contributed by atoms with Crippen LogP contribution in [0.15, 0.2) is 0 Å². The first kappa shape index (κ1) is 20.4. The molecule has 1 aliphatic rings. The molecule has 0 atom stereocenters. The van der Waals surface area contributed by atoms with Crippen molar-refractivity contribution >= 4 is 11.8 Å². The molecule has 0 amide bonds. The predicted molar refractivity (Wildman–Crippen MR) is 105 cm³/mol. The van der Waals surface area contributed by atoms with Crippen molar-refractivity contribution in [1.82, 2.24) is 0 Å². The van der Waals surface area contributed by atoms with E-state index < -0.39 is 0 Å². The second-order valence-electron chi connectivity index (χ2n) is 7.44. The van der Waals surface area contributed by atoms with Crippen LogP contribution >= 0.6 is 11.8 Å². The number of thioether (sulfide) groups is 1. The Hall–Kier alpha value is 0.350. The van der Waals surface area contributed by atoms with Gasteiger partial charge < -0.3 is 0 Å². The van der Waals surface area contributed by atoms with Gasteiger partial charge in [-0.25, -0.2) is 0 Å². The third kappa shape index (κ3) is 12.9. The summed E-state index contributed by atoms with van der Waals surface area (Å²) in [4.78, 5) is 0. The largest absolute Gasteiger partial charge is 0.162 e. The molecule has 132 valence electrons. The molecule has 1 aliphatic carbocycles. The minimum atomic E-state index is 1.10. The van der Waals surface area contributed by atoms with Gasteiger partial charge in [0.15, 0.2) is 0 Å². The van der Waals surface area contributed by atoms with Crippen LogP contribution in [0.25, 0.3) is 0 Å². The lowest BCUT2D eigenvalue weighted by molar-refractivity contribution is 0.328. The number of hydrogen-bond donors (Lipinski definition) is 0. The maximum atomic E-state index is 2.28. The molecule has 0 bridgehead atoms. The molecule has 0 aromatic heterocycles. The molecule has 1 saturated carbocycles. The minimum absolute atomic E-state index is 1.10. The van der Waals surface area contributed by atoms with E-state index in [2.05, 4.69) is 18.7 Å². The van der Waals surface area contributed by atoms with Crippen LogP contribution < -0.4 is 0 Å². The van der Waals surface area contributed by atoms with Gasteiger partial charge in [-0.3, -0.25) is 0 Å². The number of hydrogen-bond acceptors (Lipinski definition) is 1. The fraction of sp³-hybridized carbons (Fsp3) is 1.00. The molecule has 0 N–H and O–H groups in total. The lowest BCUT2D eigenvalue weighted by Crippen LogP contribution is -2.05. The van der Waals surface area contributed by atoms with Gasteiger partial charge in [-0.05, 0) is 30.3 Å². The van der Waals surface area contributed by atoms with Gasteiger partial charge in [-0.2, -0.15) is 11.8 Å². The van der Waals surface area contributed by atoms with Crippen LogP contribution in [-0.2, 0) is 0 Å². The first-order valence-corrected chi connectivity index (χ1v) is 11.7. The molecule has 0 aromatic rings. The molecule has 0 unspecified atom stereocenters. The lowest BCUT2D eigenvalue weighted by atomic mass is 9.85. The smallest absolute Gasteiger partial charge is 0.00675 e. The van der Waals surface area contributed by atoms with Crippen molar-refractivity contribution in [3.05, 3.63) is 0 Å². The van der Waals surface area contributed by atoms with Crippen LogP contribution in [0.2, 0.25) is 0 Å². The third-order valence-electron chi connectivity index (χ3n) is 5.22. The summed E-state index contributed by atoms with van der Waals surface area (Å²) in [7, 11) is 0. The molecule has 0 radical (unpaired) electrons. The van der Waals surface area contributed by atoms with E-state index in [4.69, 9.17) is 0 Å². The molecule has 1 heteroatoms. The van der Waals surface area contributed by atoms with E-state index in [0.29, 0.717) is 0 Å².